The van der Waals surface area contributed by atoms with Crippen molar-refractivity contribution in [3.63, 3.8) is 0 Å². The summed E-state index contributed by atoms with van der Waals surface area (Å²) in [5.74, 6) is 0.0357. The van der Waals surface area contributed by atoms with Crippen LogP contribution < -0.4 is 15.4 Å². The summed E-state index contributed by atoms with van der Waals surface area (Å²) in [4.78, 5) is 36.0. The topological polar surface area (TPSA) is 134 Å². The van der Waals surface area contributed by atoms with E-state index in [4.69, 9.17) is 4.74 Å². The van der Waals surface area contributed by atoms with Gasteiger partial charge in [0.15, 0.2) is 0 Å². The van der Waals surface area contributed by atoms with Gasteiger partial charge < -0.3 is 25.4 Å². The van der Waals surface area contributed by atoms with Gasteiger partial charge in [0.1, 0.15) is 17.6 Å². The van der Waals surface area contributed by atoms with Gasteiger partial charge in [0.05, 0.1) is 12.0 Å². The van der Waals surface area contributed by atoms with Crippen LogP contribution in [0, 0.1) is 22.0 Å². The molecule has 1 fully saturated rings. The highest BCUT2D eigenvalue weighted by molar-refractivity contribution is 5.80. The van der Waals surface area contributed by atoms with E-state index in [-0.39, 0.29) is 36.4 Å². The van der Waals surface area contributed by atoms with Gasteiger partial charge >= 0.3 is 6.09 Å². The Morgan fingerprint density at radius 1 is 1.45 bits per heavy atom. The van der Waals surface area contributed by atoms with Crippen LogP contribution in [0.25, 0.3) is 0 Å². The lowest BCUT2D eigenvalue weighted by Gasteiger charge is -2.19. The standard InChI is InChI=1S/C19H24N4O6/c1-10(2)13-9-22(19(25)26)8-11(13)6-17(24)20-16-7-12-15(29-3)5-4-14(23(27)28)18(12)21-16/h4-5,11,13,16,21H,1,6-9H2,2-3H3,(H,20,24)(H,25,26). The summed E-state index contributed by atoms with van der Waals surface area (Å²) in [5, 5.41) is 26.4. The molecule has 2 aliphatic heterocycles. The Hall–Kier alpha value is -3.30. The van der Waals surface area contributed by atoms with Crippen LogP contribution in [0.15, 0.2) is 24.3 Å². The number of likely N-dealkylation sites (tertiary alicyclic amines) is 1. The number of carboxylic acid groups (broad SMARTS) is 1. The fourth-order valence-corrected chi connectivity index (χ4v) is 4.12. The molecule has 29 heavy (non-hydrogen) atoms. The van der Waals surface area contributed by atoms with E-state index in [1.165, 1.54) is 18.1 Å². The van der Waals surface area contributed by atoms with E-state index in [9.17, 15) is 24.8 Å². The third-order valence-electron chi connectivity index (χ3n) is 5.52. The maximum atomic E-state index is 12.6. The van der Waals surface area contributed by atoms with Gasteiger partial charge in [-0.25, -0.2) is 4.79 Å². The normalized spacial score (nSPS) is 22.6. The number of nitro groups is 1. The zero-order chi connectivity index (χ0) is 21.3. The van der Waals surface area contributed by atoms with Crippen LogP contribution in [-0.4, -0.2) is 53.3 Å². The first kappa shape index (κ1) is 20.4. The van der Waals surface area contributed by atoms with Gasteiger partial charge in [0.25, 0.3) is 5.69 Å². The molecule has 1 aromatic rings. The molecule has 3 atom stereocenters. The van der Waals surface area contributed by atoms with E-state index >= 15 is 0 Å². The van der Waals surface area contributed by atoms with Crippen molar-refractivity contribution in [3.05, 3.63) is 40.0 Å². The van der Waals surface area contributed by atoms with Gasteiger partial charge in [-0.3, -0.25) is 14.9 Å². The number of anilines is 1. The molecule has 0 saturated carbocycles. The molecule has 0 radical (unpaired) electrons. The Kier molecular flexibility index (Phi) is 5.62. The summed E-state index contributed by atoms with van der Waals surface area (Å²) in [7, 11) is 1.49. The highest BCUT2D eigenvalue weighted by Crippen LogP contribution is 2.40. The molecule has 156 valence electrons. The number of rotatable bonds is 6. The number of benzene rings is 1. The number of fused-ring (bicyclic) bond motifs is 1. The number of nitrogens with zero attached hydrogens (tertiary/aromatic N) is 2. The minimum absolute atomic E-state index is 0.0761. The fourth-order valence-electron chi connectivity index (χ4n) is 4.12. The van der Waals surface area contributed by atoms with Crippen LogP contribution in [0.4, 0.5) is 16.2 Å². The number of amides is 2. The first-order chi connectivity index (χ1) is 13.7. The summed E-state index contributed by atoms with van der Waals surface area (Å²) in [6.07, 6.45) is -1.02. The van der Waals surface area contributed by atoms with Crippen LogP contribution in [-0.2, 0) is 11.2 Å². The zero-order valence-electron chi connectivity index (χ0n) is 16.3. The van der Waals surface area contributed by atoms with Crippen LogP contribution in [0.3, 0.4) is 0 Å². The van der Waals surface area contributed by atoms with Gasteiger partial charge in [-0.15, -0.1) is 0 Å². The molecule has 3 rings (SSSR count). The van der Waals surface area contributed by atoms with Gasteiger partial charge in [0.2, 0.25) is 5.91 Å². The lowest BCUT2D eigenvalue weighted by Crippen LogP contribution is -2.40. The Labute approximate surface area is 167 Å². The molecule has 3 unspecified atom stereocenters. The molecule has 10 nitrogen and oxygen atoms in total. The second-order valence-electron chi connectivity index (χ2n) is 7.47. The zero-order valence-corrected chi connectivity index (χ0v) is 16.3. The third kappa shape index (κ3) is 4.10. The monoisotopic (exact) mass is 404 g/mol. The smallest absolute Gasteiger partial charge is 0.407 e. The first-order valence-corrected chi connectivity index (χ1v) is 9.24. The largest absolute Gasteiger partial charge is 0.496 e. The van der Waals surface area contributed by atoms with E-state index < -0.39 is 17.2 Å². The number of carbonyl (C=O) groups excluding carboxylic acids is 1. The Morgan fingerprint density at radius 2 is 2.17 bits per heavy atom. The van der Waals surface area contributed by atoms with Crippen LogP contribution in [0.1, 0.15) is 18.9 Å². The minimum Gasteiger partial charge on any atom is -0.496 e. The summed E-state index contributed by atoms with van der Waals surface area (Å²) in [5.41, 5.74) is 1.76. The molecular formula is C19H24N4O6. The average Bonchev–Trinajstić information content (AvgIpc) is 3.24. The van der Waals surface area contributed by atoms with E-state index in [0.717, 1.165) is 5.57 Å². The molecule has 1 saturated heterocycles. The summed E-state index contributed by atoms with van der Waals surface area (Å²) in [6, 6.07) is 2.91. The minimum atomic E-state index is -1.01. The SMILES string of the molecule is C=C(C)C1CN(C(=O)O)CC1CC(=O)NC1Cc2c(OC)ccc([N+](=O)[O-])c2N1. The van der Waals surface area contributed by atoms with Crippen molar-refractivity contribution < 1.29 is 24.4 Å². The van der Waals surface area contributed by atoms with Gasteiger partial charge in [0, 0.05) is 43.5 Å². The van der Waals surface area contributed by atoms with Crippen molar-refractivity contribution >= 4 is 23.4 Å². The Morgan fingerprint density at radius 3 is 2.76 bits per heavy atom. The first-order valence-electron chi connectivity index (χ1n) is 9.24. The van der Waals surface area contributed by atoms with Gasteiger partial charge in [-0.05, 0) is 18.9 Å². The summed E-state index contributed by atoms with van der Waals surface area (Å²) in [6.45, 7) is 6.37. The number of nitro benzene ring substituents is 1. The van der Waals surface area contributed by atoms with Crippen molar-refractivity contribution in [1.82, 2.24) is 10.2 Å². The van der Waals surface area contributed by atoms with Gasteiger partial charge in [-0.2, -0.15) is 0 Å². The van der Waals surface area contributed by atoms with E-state index in [2.05, 4.69) is 17.2 Å². The molecule has 2 aliphatic rings. The maximum absolute atomic E-state index is 12.6. The van der Waals surface area contributed by atoms with Crippen LogP contribution >= 0.6 is 0 Å². The van der Waals surface area contributed by atoms with Crippen molar-refractivity contribution in [2.24, 2.45) is 11.8 Å². The maximum Gasteiger partial charge on any atom is 0.407 e. The van der Waals surface area contributed by atoms with Gasteiger partial charge in [-0.1, -0.05) is 12.2 Å². The van der Waals surface area contributed by atoms with E-state index in [1.807, 2.05) is 6.92 Å². The molecule has 3 N–H and O–H groups in total. The molecule has 2 amide bonds. The van der Waals surface area contributed by atoms with E-state index in [0.29, 0.717) is 30.0 Å². The van der Waals surface area contributed by atoms with Crippen LogP contribution in [0.2, 0.25) is 0 Å². The Bertz CT molecular complexity index is 871. The van der Waals surface area contributed by atoms with Crippen molar-refractivity contribution in [1.29, 1.82) is 0 Å². The molecule has 1 aromatic carbocycles. The van der Waals surface area contributed by atoms with E-state index in [1.54, 1.807) is 6.07 Å². The second-order valence-corrected chi connectivity index (χ2v) is 7.47. The van der Waals surface area contributed by atoms with Crippen LogP contribution in [0.5, 0.6) is 5.75 Å². The lowest BCUT2D eigenvalue weighted by molar-refractivity contribution is -0.384. The highest BCUT2D eigenvalue weighted by Gasteiger charge is 2.38. The Balaban J connectivity index is 1.67. The van der Waals surface area contributed by atoms with Crippen molar-refractivity contribution in [2.45, 2.75) is 25.9 Å². The molecule has 0 aromatic heterocycles. The predicted octanol–water partition coefficient (Wildman–Crippen LogP) is 2.21. The summed E-state index contributed by atoms with van der Waals surface area (Å²) >= 11 is 0. The number of ether oxygens (including phenoxy) is 1. The number of hydrogen-bond acceptors (Lipinski definition) is 6. The molecule has 0 bridgehead atoms. The molecule has 2 heterocycles. The molecular weight excluding hydrogens is 380 g/mol. The number of nitrogens with one attached hydrogen (secondary N) is 2. The predicted molar refractivity (Wildman–Crippen MR) is 105 cm³/mol. The average molecular weight is 404 g/mol. The lowest BCUT2D eigenvalue weighted by atomic mass is 9.88. The van der Waals surface area contributed by atoms with Crippen molar-refractivity contribution in [3.8, 4) is 5.75 Å². The van der Waals surface area contributed by atoms with Crippen molar-refractivity contribution in [2.75, 3.05) is 25.5 Å². The molecule has 0 aliphatic carbocycles. The number of methoxy groups -OCH3 is 1. The molecule has 0 spiro atoms. The third-order valence-corrected chi connectivity index (χ3v) is 5.52. The summed E-state index contributed by atoms with van der Waals surface area (Å²) < 4.78 is 5.28. The number of hydrogen-bond donors (Lipinski definition) is 3. The fraction of sp³-hybridized carbons (Fsp3) is 0.474. The number of carbonyl (C=O) groups is 2. The highest BCUT2D eigenvalue weighted by atomic mass is 16.6. The second kappa shape index (κ2) is 7.98. The quantitative estimate of drug-likeness (QED) is 0.376. The molecule has 10 heteroatoms.